The standard InChI is InChI=1S/C16H10Cl2F3N5O4/c17-7-3-6(30-16(19,20)21)4-8(18)11(7)26-12(29-14(24)28)10(9(5-22)25-26)15(1-2-15)13(23)27/h3-4H,1-2H2,(H2,23,27)(H2,24,28). The van der Waals surface area contributed by atoms with Crippen LogP contribution in [0.25, 0.3) is 5.69 Å². The topological polar surface area (TPSA) is 146 Å². The minimum atomic E-state index is -5.00. The average molecular weight is 464 g/mol. The van der Waals surface area contributed by atoms with Gasteiger partial charge >= 0.3 is 12.5 Å². The zero-order chi connectivity index (χ0) is 22.4. The van der Waals surface area contributed by atoms with Crippen LogP contribution in [0.3, 0.4) is 0 Å². The summed E-state index contributed by atoms with van der Waals surface area (Å²) in [6, 6.07) is 3.33. The number of carbonyl (C=O) groups excluding carboxylic acids is 2. The van der Waals surface area contributed by atoms with Gasteiger partial charge < -0.3 is 20.9 Å². The van der Waals surface area contributed by atoms with E-state index in [9.17, 15) is 28.0 Å². The molecule has 0 spiro atoms. The van der Waals surface area contributed by atoms with E-state index in [-0.39, 0.29) is 29.8 Å². The van der Waals surface area contributed by atoms with Crippen molar-refractivity contribution in [2.45, 2.75) is 24.6 Å². The minimum absolute atomic E-state index is 0.0981. The Morgan fingerprint density at radius 3 is 2.20 bits per heavy atom. The molecule has 0 radical (unpaired) electrons. The number of amides is 2. The summed E-state index contributed by atoms with van der Waals surface area (Å²) in [5, 5.41) is 12.6. The molecule has 1 aliphatic rings. The van der Waals surface area contributed by atoms with Gasteiger partial charge in [0.25, 0.3) is 0 Å². The van der Waals surface area contributed by atoms with E-state index in [1.54, 1.807) is 6.07 Å². The van der Waals surface area contributed by atoms with Crippen LogP contribution in [0.1, 0.15) is 24.1 Å². The Morgan fingerprint density at radius 1 is 1.23 bits per heavy atom. The van der Waals surface area contributed by atoms with Gasteiger partial charge in [0, 0.05) is 12.1 Å². The Morgan fingerprint density at radius 2 is 1.80 bits per heavy atom. The lowest BCUT2D eigenvalue weighted by Crippen LogP contribution is -2.30. The fraction of sp³-hybridized carbons (Fsp3) is 0.250. The molecule has 0 aliphatic heterocycles. The molecule has 1 fully saturated rings. The number of nitrogens with zero attached hydrogens (tertiary/aromatic N) is 3. The maximum Gasteiger partial charge on any atom is 0.573 e. The molecule has 2 aromatic rings. The summed E-state index contributed by atoms with van der Waals surface area (Å²) >= 11 is 12.1. The minimum Gasteiger partial charge on any atom is -0.406 e. The number of halogens is 5. The molecule has 0 bridgehead atoms. The maximum atomic E-state index is 12.5. The highest BCUT2D eigenvalue weighted by molar-refractivity contribution is 6.38. The summed E-state index contributed by atoms with van der Waals surface area (Å²) in [5.41, 5.74) is 8.53. The smallest absolute Gasteiger partial charge is 0.406 e. The highest BCUT2D eigenvalue weighted by atomic mass is 35.5. The number of nitrogens with two attached hydrogens (primary N) is 2. The Bertz CT molecular complexity index is 1080. The number of aromatic nitrogens is 2. The van der Waals surface area contributed by atoms with E-state index in [0.29, 0.717) is 0 Å². The molecule has 2 amide bonds. The molecule has 30 heavy (non-hydrogen) atoms. The van der Waals surface area contributed by atoms with E-state index in [0.717, 1.165) is 16.8 Å². The van der Waals surface area contributed by atoms with Gasteiger partial charge in [-0.3, -0.25) is 4.79 Å². The normalized spacial score (nSPS) is 14.7. The average Bonchev–Trinajstić information content (AvgIpc) is 3.31. The lowest BCUT2D eigenvalue weighted by Gasteiger charge is -2.15. The van der Waals surface area contributed by atoms with Gasteiger partial charge in [0.05, 0.1) is 21.0 Å². The number of rotatable bonds is 5. The van der Waals surface area contributed by atoms with Crippen LogP contribution in [0, 0.1) is 11.3 Å². The van der Waals surface area contributed by atoms with Crippen molar-refractivity contribution in [3.05, 3.63) is 33.4 Å². The van der Waals surface area contributed by atoms with Gasteiger partial charge in [-0.25, -0.2) is 4.79 Å². The summed E-state index contributed by atoms with van der Waals surface area (Å²) in [5.74, 6) is -1.97. The van der Waals surface area contributed by atoms with E-state index >= 15 is 0 Å². The molecule has 158 valence electrons. The van der Waals surface area contributed by atoms with Crippen LogP contribution in [0.4, 0.5) is 18.0 Å². The second kappa shape index (κ2) is 7.26. The van der Waals surface area contributed by atoms with E-state index in [1.165, 1.54) is 0 Å². The SMILES string of the molecule is N#Cc1nn(-c2c(Cl)cc(OC(F)(F)F)cc2Cl)c(OC(N)=O)c1C1(C(N)=O)CC1. The maximum absolute atomic E-state index is 12.5. The molecule has 4 N–H and O–H groups in total. The molecule has 0 saturated heterocycles. The van der Waals surface area contributed by atoms with Crippen LogP contribution in [0.5, 0.6) is 11.6 Å². The first-order chi connectivity index (χ1) is 13.9. The second-order valence-corrected chi connectivity index (χ2v) is 7.02. The molecule has 1 saturated carbocycles. The predicted octanol–water partition coefficient (Wildman–Crippen LogP) is 2.92. The van der Waals surface area contributed by atoms with E-state index in [1.807, 2.05) is 0 Å². The van der Waals surface area contributed by atoms with Crippen molar-refractivity contribution < 1.29 is 32.2 Å². The van der Waals surface area contributed by atoms with Gasteiger partial charge in [-0.1, -0.05) is 23.2 Å². The zero-order valence-corrected chi connectivity index (χ0v) is 16.1. The lowest BCUT2D eigenvalue weighted by molar-refractivity contribution is -0.274. The van der Waals surface area contributed by atoms with Crippen LogP contribution in [-0.4, -0.2) is 28.1 Å². The third kappa shape index (κ3) is 3.81. The van der Waals surface area contributed by atoms with E-state index in [2.05, 4.69) is 9.84 Å². The van der Waals surface area contributed by atoms with Gasteiger partial charge in [-0.05, 0) is 12.8 Å². The number of ether oxygens (including phenoxy) is 2. The first-order valence-electron chi connectivity index (χ1n) is 7.95. The van der Waals surface area contributed by atoms with Crippen molar-refractivity contribution in [3.8, 4) is 23.4 Å². The number of alkyl halides is 3. The van der Waals surface area contributed by atoms with E-state index in [4.69, 9.17) is 39.4 Å². The van der Waals surface area contributed by atoms with Gasteiger partial charge in [-0.2, -0.15) is 15.0 Å². The molecule has 1 heterocycles. The number of nitriles is 1. The monoisotopic (exact) mass is 463 g/mol. The van der Waals surface area contributed by atoms with Gasteiger partial charge in [-0.15, -0.1) is 13.2 Å². The first-order valence-corrected chi connectivity index (χ1v) is 8.71. The van der Waals surface area contributed by atoms with Crippen molar-refractivity contribution in [1.29, 1.82) is 5.26 Å². The third-order valence-corrected chi connectivity index (χ3v) is 4.86. The highest BCUT2D eigenvalue weighted by Crippen LogP contribution is 2.53. The number of benzene rings is 1. The Balaban J connectivity index is 2.25. The number of hydrogen-bond donors (Lipinski definition) is 2. The summed E-state index contributed by atoms with van der Waals surface area (Å²) in [7, 11) is 0. The van der Waals surface area contributed by atoms with Crippen molar-refractivity contribution in [1.82, 2.24) is 9.78 Å². The molecular formula is C16H10Cl2F3N5O4. The molecule has 14 heteroatoms. The molecule has 3 rings (SSSR count). The van der Waals surface area contributed by atoms with Gasteiger partial charge in [0.15, 0.2) is 5.69 Å². The Kier molecular flexibility index (Phi) is 5.21. The van der Waals surface area contributed by atoms with Crippen LogP contribution >= 0.6 is 23.2 Å². The largest absolute Gasteiger partial charge is 0.573 e. The second-order valence-electron chi connectivity index (χ2n) is 6.20. The first kappa shape index (κ1) is 21.5. The molecule has 0 atom stereocenters. The number of hydrogen-bond acceptors (Lipinski definition) is 6. The summed E-state index contributed by atoms with van der Waals surface area (Å²) in [4.78, 5) is 23.4. The molecule has 0 unspecified atom stereocenters. The molecular weight excluding hydrogens is 454 g/mol. The summed E-state index contributed by atoms with van der Waals surface area (Å²) in [6.45, 7) is 0. The van der Waals surface area contributed by atoms with Crippen molar-refractivity contribution in [3.63, 3.8) is 0 Å². The lowest BCUT2D eigenvalue weighted by atomic mass is 9.95. The molecule has 1 aromatic heterocycles. The number of primary amides is 2. The zero-order valence-electron chi connectivity index (χ0n) is 14.6. The summed E-state index contributed by atoms with van der Waals surface area (Å²) < 4.78 is 47.0. The number of carbonyl (C=O) groups is 2. The fourth-order valence-corrected chi connectivity index (χ4v) is 3.56. The van der Waals surface area contributed by atoms with Crippen molar-refractivity contribution in [2.75, 3.05) is 0 Å². The van der Waals surface area contributed by atoms with Crippen molar-refractivity contribution in [2.24, 2.45) is 11.5 Å². The highest BCUT2D eigenvalue weighted by Gasteiger charge is 2.55. The summed E-state index contributed by atoms with van der Waals surface area (Å²) in [6.07, 6.45) is -5.82. The molecule has 9 nitrogen and oxygen atoms in total. The fourth-order valence-electron chi connectivity index (χ4n) is 2.94. The van der Waals surface area contributed by atoms with Crippen LogP contribution in [0.2, 0.25) is 10.0 Å². The predicted molar refractivity (Wildman–Crippen MR) is 95.3 cm³/mol. The van der Waals surface area contributed by atoms with Gasteiger partial charge in [0.2, 0.25) is 11.8 Å². The van der Waals surface area contributed by atoms with Crippen molar-refractivity contribution >= 4 is 35.2 Å². The van der Waals surface area contributed by atoms with E-state index < -0.39 is 45.5 Å². The molecule has 1 aromatic carbocycles. The Hall–Kier alpha value is -3.17. The van der Waals surface area contributed by atoms with Crippen LogP contribution in [-0.2, 0) is 10.2 Å². The third-order valence-electron chi connectivity index (χ3n) is 4.28. The quantitative estimate of drug-likeness (QED) is 0.696. The Labute approximate surface area is 175 Å². The van der Waals surface area contributed by atoms with Crippen LogP contribution < -0.4 is 20.9 Å². The van der Waals surface area contributed by atoms with Gasteiger partial charge in [0.1, 0.15) is 17.5 Å². The molecule has 1 aliphatic carbocycles. The van der Waals surface area contributed by atoms with Crippen LogP contribution in [0.15, 0.2) is 12.1 Å².